The summed E-state index contributed by atoms with van der Waals surface area (Å²) in [6.45, 7) is 5.00. The zero-order valence-corrected chi connectivity index (χ0v) is 10.9. The molecule has 0 aromatic rings. The Morgan fingerprint density at radius 1 is 1.35 bits per heavy atom. The van der Waals surface area contributed by atoms with Crippen LogP contribution < -0.4 is 5.32 Å². The molecule has 0 spiro atoms. The van der Waals surface area contributed by atoms with E-state index in [9.17, 15) is 9.59 Å². The number of carbonyl (C=O) groups is 2. The quantitative estimate of drug-likeness (QED) is 0.692. The van der Waals surface area contributed by atoms with Crippen LogP contribution >= 0.6 is 0 Å². The summed E-state index contributed by atoms with van der Waals surface area (Å²) in [4.78, 5) is 25.4. The van der Waals surface area contributed by atoms with Gasteiger partial charge < -0.3 is 15.0 Å². The Balaban J connectivity index is 2.53. The molecule has 1 rings (SSSR count). The fraction of sp³-hybridized carbons (Fsp3) is 0.833. The fourth-order valence-electron chi connectivity index (χ4n) is 2.00. The summed E-state index contributed by atoms with van der Waals surface area (Å²) in [5.74, 6) is -0.0137. The fourth-order valence-corrected chi connectivity index (χ4v) is 2.00. The van der Waals surface area contributed by atoms with Crippen molar-refractivity contribution in [1.82, 2.24) is 10.2 Å². The zero-order valence-electron chi connectivity index (χ0n) is 10.9. The van der Waals surface area contributed by atoms with Gasteiger partial charge in [0.1, 0.15) is 12.1 Å². The molecule has 0 bridgehead atoms. The molecule has 17 heavy (non-hydrogen) atoms. The Labute approximate surface area is 102 Å². The molecule has 1 fully saturated rings. The summed E-state index contributed by atoms with van der Waals surface area (Å²) in [5, 5.41) is 2.74. The third-order valence-electron chi connectivity index (χ3n) is 3.15. The number of methoxy groups -OCH3 is 1. The third kappa shape index (κ3) is 3.43. The van der Waals surface area contributed by atoms with E-state index in [2.05, 4.69) is 5.32 Å². The van der Waals surface area contributed by atoms with E-state index in [1.54, 1.807) is 18.9 Å². The highest BCUT2D eigenvalue weighted by Gasteiger charge is 2.36. The molecule has 1 N–H and O–H groups in total. The van der Waals surface area contributed by atoms with Crippen molar-refractivity contribution in [2.24, 2.45) is 0 Å². The smallest absolute Gasteiger partial charge is 0.245 e. The van der Waals surface area contributed by atoms with Gasteiger partial charge in [-0.05, 0) is 26.2 Å². The highest BCUT2D eigenvalue weighted by atomic mass is 16.5. The lowest BCUT2D eigenvalue weighted by Crippen LogP contribution is -2.62. The van der Waals surface area contributed by atoms with E-state index < -0.39 is 0 Å². The number of amides is 2. The molecule has 0 aromatic heterocycles. The van der Waals surface area contributed by atoms with Gasteiger partial charge in [0.25, 0.3) is 0 Å². The Kier molecular flexibility index (Phi) is 5.41. The Morgan fingerprint density at radius 2 is 2.06 bits per heavy atom. The molecular weight excluding hydrogens is 220 g/mol. The lowest BCUT2D eigenvalue weighted by Gasteiger charge is -2.37. The second kappa shape index (κ2) is 6.59. The van der Waals surface area contributed by atoms with Crippen molar-refractivity contribution in [3.05, 3.63) is 0 Å². The van der Waals surface area contributed by atoms with Crippen LogP contribution in [-0.2, 0) is 14.3 Å². The monoisotopic (exact) mass is 242 g/mol. The number of ether oxygens (including phenoxy) is 1. The standard InChI is InChI=1S/C12H22N2O3/c1-4-10-12(16)14(7-5-6-8-17-3)9(2)11(15)13-10/h9-10H,4-8H2,1-3H3,(H,13,15). The van der Waals surface area contributed by atoms with Gasteiger partial charge in [-0.2, -0.15) is 0 Å². The van der Waals surface area contributed by atoms with Crippen molar-refractivity contribution in [3.8, 4) is 0 Å². The Bertz CT molecular complexity index is 281. The summed E-state index contributed by atoms with van der Waals surface area (Å²) < 4.78 is 4.97. The third-order valence-corrected chi connectivity index (χ3v) is 3.15. The molecule has 1 heterocycles. The van der Waals surface area contributed by atoms with E-state index in [1.165, 1.54) is 0 Å². The van der Waals surface area contributed by atoms with E-state index >= 15 is 0 Å². The maximum atomic E-state index is 12.1. The van der Waals surface area contributed by atoms with Gasteiger partial charge >= 0.3 is 0 Å². The summed E-state index contributed by atoms with van der Waals surface area (Å²) in [5.41, 5.74) is 0. The highest BCUT2D eigenvalue weighted by Crippen LogP contribution is 2.12. The summed E-state index contributed by atoms with van der Waals surface area (Å²) in [6, 6.07) is -0.700. The van der Waals surface area contributed by atoms with Crippen molar-refractivity contribution in [2.75, 3.05) is 20.3 Å². The van der Waals surface area contributed by atoms with Crippen molar-refractivity contribution in [3.63, 3.8) is 0 Å². The number of nitrogens with zero attached hydrogens (tertiary/aromatic N) is 1. The summed E-state index contributed by atoms with van der Waals surface area (Å²) in [7, 11) is 1.66. The molecule has 98 valence electrons. The van der Waals surface area contributed by atoms with Gasteiger partial charge in [0.2, 0.25) is 11.8 Å². The van der Waals surface area contributed by atoms with E-state index in [-0.39, 0.29) is 23.9 Å². The SMILES string of the molecule is CCC1NC(=O)C(C)N(CCCCOC)C1=O. The molecule has 0 radical (unpaired) electrons. The first-order chi connectivity index (χ1) is 8.11. The lowest BCUT2D eigenvalue weighted by molar-refractivity contribution is -0.148. The minimum Gasteiger partial charge on any atom is -0.385 e. The number of carbonyl (C=O) groups excluding carboxylic acids is 2. The van der Waals surface area contributed by atoms with Crippen LogP contribution in [0.15, 0.2) is 0 Å². The molecule has 1 saturated heterocycles. The van der Waals surface area contributed by atoms with Gasteiger partial charge in [0, 0.05) is 20.3 Å². The largest absolute Gasteiger partial charge is 0.385 e. The topological polar surface area (TPSA) is 58.6 Å². The van der Waals surface area contributed by atoms with Gasteiger partial charge in [0.05, 0.1) is 0 Å². The van der Waals surface area contributed by atoms with Crippen LogP contribution in [0, 0.1) is 0 Å². The molecule has 0 aliphatic carbocycles. The van der Waals surface area contributed by atoms with Crippen LogP contribution in [0.25, 0.3) is 0 Å². The minimum atomic E-state index is -0.354. The van der Waals surface area contributed by atoms with Crippen LogP contribution in [0.3, 0.4) is 0 Å². The zero-order chi connectivity index (χ0) is 12.8. The molecule has 5 heteroatoms. The van der Waals surface area contributed by atoms with Crippen molar-refractivity contribution in [1.29, 1.82) is 0 Å². The van der Waals surface area contributed by atoms with E-state index in [0.29, 0.717) is 19.6 Å². The van der Waals surface area contributed by atoms with Crippen LogP contribution in [0.4, 0.5) is 0 Å². The second-order valence-electron chi connectivity index (χ2n) is 4.38. The molecule has 1 aliphatic rings. The first-order valence-electron chi connectivity index (χ1n) is 6.21. The molecule has 1 aliphatic heterocycles. The van der Waals surface area contributed by atoms with E-state index in [4.69, 9.17) is 4.74 Å². The average Bonchev–Trinajstić information content (AvgIpc) is 2.33. The Hall–Kier alpha value is -1.10. The predicted octanol–water partition coefficient (Wildman–Crippen LogP) is 0.538. The number of nitrogens with one attached hydrogen (secondary N) is 1. The van der Waals surface area contributed by atoms with Gasteiger partial charge in [-0.3, -0.25) is 9.59 Å². The van der Waals surface area contributed by atoms with E-state index in [1.807, 2.05) is 6.92 Å². The number of rotatable bonds is 6. The first kappa shape index (κ1) is 14.0. The summed E-state index contributed by atoms with van der Waals surface area (Å²) in [6.07, 6.45) is 2.42. The van der Waals surface area contributed by atoms with Gasteiger partial charge in [-0.1, -0.05) is 6.92 Å². The molecule has 0 saturated carbocycles. The highest BCUT2D eigenvalue weighted by molar-refractivity contribution is 5.96. The van der Waals surface area contributed by atoms with E-state index in [0.717, 1.165) is 12.8 Å². The average molecular weight is 242 g/mol. The van der Waals surface area contributed by atoms with Crippen LogP contribution in [0.2, 0.25) is 0 Å². The van der Waals surface area contributed by atoms with Crippen LogP contribution in [0.1, 0.15) is 33.1 Å². The summed E-state index contributed by atoms with van der Waals surface area (Å²) >= 11 is 0. The maximum Gasteiger partial charge on any atom is 0.245 e. The van der Waals surface area contributed by atoms with Gasteiger partial charge in [-0.15, -0.1) is 0 Å². The number of piperazine rings is 1. The second-order valence-corrected chi connectivity index (χ2v) is 4.38. The van der Waals surface area contributed by atoms with Crippen LogP contribution in [-0.4, -0.2) is 49.1 Å². The lowest BCUT2D eigenvalue weighted by atomic mass is 10.1. The predicted molar refractivity (Wildman–Crippen MR) is 64.5 cm³/mol. The molecule has 5 nitrogen and oxygen atoms in total. The molecule has 2 unspecified atom stereocenters. The first-order valence-corrected chi connectivity index (χ1v) is 6.21. The number of hydrogen-bond acceptors (Lipinski definition) is 3. The normalized spacial score (nSPS) is 25.0. The maximum absolute atomic E-state index is 12.1. The van der Waals surface area contributed by atoms with Crippen molar-refractivity contribution in [2.45, 2.75) is 45.2 Å². The van der Waals surface area contributed by atoms with Crippen LogP contribution in [0.5, 0.6) is 0 Å². The molecule has 0 aromatic carbocycles. The Morgan fingerprint density at radius 3 is 2.65 bits per heavy atom. The van der Waals surface area contributed by atoms with Crippen molar-refractivity contribution < 1.29 is 14.3 Å². The van der Waals surface area contributed by atoms with Gasteiger partial charge in [0.15, 0.2) is 0 Å². The number of unbranched alkanes of at least 4 members (excludes halogenated alkanes) is 1. The molecule has 2 amide bonds. The number of hydrogen-bond donors (Lipinski definition) is 1. The molecular formula is C12H22N2O3. The van der Waals surface area contributed by atoms with Crippen molar-refractivity contribution >= 4 is 11.8 Å². The molecule has 2 atom stereocenters. The van der Waals surface area contributed by atoms with Gasteiger partial charge in [-0.25, -0.2) is 0 Å². The minimum absolute atomic E-state index is 0.0389.